The molecule has 1 aliphatic rings. The Morgan fingerprint density at radius 3 is 2.67 bits per heavy atom. The minimum absolute atomic E-state index is 0.0487. The first-order chi connectivity index (χ1) is 9.90. The van der Waals surface area contributed by atoms with Crippen molar-refractivity contribution >= 4 is 12.0 Å². The number of aromatic nitrogens is 1. The van der Waals surface area contributed by atoms with Crippen molar-refractivity contribution in [2.24, 2.45) is 0 Å². The molecular formula is C14H21N3O4. The highest BCUT2D eigenvalue weighted by Crippen LogP contribution is 2.32. The summed E-state index contributed by atoms with van der Waals surface area (Å²) in [7, 11) is 0. The summed E-state index contributed by atoms with van der Waals surface area (Å²) < 4.78 is 5.36. The van der Waals surface area contributed by atoms with E-state index in [4.69, 9.17) is 9.52 Å². The van der Waals surface area contributed by atoms with Gasteiger partial charge in [0.15, 0.2) is 0 Å². The lowest BCUT2D eigenvalue weighted by Gasteiger charge is -2.29. The van der Waals surface area contributed by atoms with Crippen LogP contribution < -0.4 is 10.6 Å². The third kappa shape index (κ3) is 3.96. The molecule has 0 spiro atoms. The fourth-order valence-electron chi connectivity index (χ4n) is 2.79. The fourth-order valence-corrected chi connectivity index (χ4v) is 2.79. The highest BCUT2D eigenvalue weighted by molar-refractivity contribution is 5.77. The van der Waals surface area contributed by atoms with Gasteiger partial charge in [0.05, 0.1) is 18.2 Å². The number of carboxylic acid groups (broad SMARTS) is 1. The van der Waals surface area contributed by atoms with Crippen LogP contribution in [0.3, 0.4) is 0 Å². The Labute approximate surface area is 123 Å². The summed E-state index contributed by atoms with van der Waals surface area (Å²) in [5.74, 6) is 0.215. The van der Waals surface area contributed by atoms with E-state index in [-0.39, 0.29) is 18.5 Å². The Balaban J connectivity index is 1.95. The molecule has 7 nitrogen and oxygen atoms in total. The predicted molar refractivity (Wildman–Crippen MR) is 74.8 cm³/mol. The molecular weight excluding hydrogens is 274 g/mol. The van der Waals surface area contributed by atoms with E-state index in [1.165, 1.54) is 0 Å². The molecule has 116 valence electrons. The number of aryl methyl sites for hydroxylation is 1. The van der Waals surface area contributed by atoms with Gasteiger partial charge >= 0.3 is 12.0 Å². The number of nitrogens with one attached hydrogen (secondary N) is 2. The molecule has 1 heterocycles. The average molecular weight is 295 g/mol. The zero-order valence-corrected chi connectivity index (χ0v) is 12.3. The first kappa shape index (κ1) is 15.3. The highest BCUT2D eigenvalue weighted by Gasteiger charge is 2.37. The third-order valence-corrected chi connectivity index (χ3v) is 3.79. The van der Waals surface area contributed by atoms with Gasteiger partial charge in [-0.2, -0.15) is 0 Å². The van der Waals surface area contributed by atoms with Gasteiger partial charge in [-0.15, -0.1) is 0 Å². The van der Waals surface area contributed by atoms with Gasteiger partial charge < -0.3 is 20.2 Å². The molecule has 3 N–H and O–H groups in total. The van der Waals surface area contributed by atoms with Crippen LogP contribution in [0.5, 0.6) is 0 Å². The number of oxazole rings is 1. The third-order valence-electron chi connectivity index (χ3n) is 3.79. The SMILES string of the molecule is Cc1cnc(C(C)NC(=O)NC2(CC(=O)O)CCCC2)o1. The van der Waals surface area contributed by atoms with Gasteiger partial charge in [-0.05, 0) is 26.7 Å². The van der Waals surface area contributed by atoms with Crippen molar-refractivity contribution in [3.63, 3.8) is 0 Å². The summed E-state index contributed by atoms with van der Waals surface area (Å²) >= 11 is 0. The van der Waals surface area contributed by atoms with Crippen LogP contribution >= 0.6 is 0 Å². The number of hydrogen-bond donors (Lipinski definition) is 3. The molecule has 1 aliphatic carbocycles. The van der Waals surface area contributed by atoms with E-state index in [0.717, 1.165) is 12.8 Å². The van der Waals surface area contributed by atoms with Crippen molar-refractivity contribution in [2.75, 3.05) is 0 Å². The van der Waals surface area contributed by atoms with Crippen LogP contribution in [0, 0.1) is 6.92 Å². The zero-order valence-electron chi connectivity index (χ0n) is 12.3. The Kier molecular flexibility index (Phi) is 4.50. The van der Waals surface area contributed by atoms with Crippen LogP contribution in [0.15, 0.2) is 10.6 Å². The van der Waals surface area contributed by atoms with Gasteiger partial charge in [-0.3, -0.25) is 4.79 Å². The molecule has 0 aliphatic heterocycles. The van der Waals surface area contributed by atoms with Gasteiger partial charge in [-0.1, -0.05) is 12.8 Å². The second kappa shape index (κ2) is 6.15. The molecule has 1 saturated carbocycles. The fraction of sp³-hybridized carbons (Fsp3) is 0.643. The van der Waals surface area contributed by atoms with Crippen molar-refractivity contribution in [2.45, 2.75) is 57.5 Å². The van der Waals surface area contributed by atoms with Crippen molar-refractivity contribution in [3.8, 4) is 0 Å². The maximum atomic E-state index is 12.1. The topological polar surface area (TPSA) is 104 Å². The summed E-state index contributed by atoms with van der Waals surface area (Å²) in [6.07, 6.45) is 4.80. The number of carbonyl (C=O) groups is 2. The molecule has 2 amide bonds. The average Bonchev–Trinajstić information content (AvgIpc) is 2.97. The van der Waals surface area contributed by atoms with Gasteiger partial charge in [0.2, 0.25) is 5.89 Å². The normalized spacial score (nSPS) is 18.2. The first-order valence-corrected chi connectivity index (χ1v) is 7.13. The summed E-state index contributed by atoms with van der Waals surface area (Å²) in [6, 6.07) is -0.761. The van der Waals surface area contributed by atoms with Crippen molar-refractivity contribution < 1.29 is 19.1 Å². The maximum absolute atomic E-state index is 12.1. The number of urea groups is 1. The Hall–Kier alpha value is -2.05. The smallest absolute Gasteiger partial charge is 0.315 e. The largest absolute Gasteiger partial charge is 0.481 e. The van der Waals surface area contributed by atoms with E-state index < -0.39 is 11.5 Å². The lowest BCUT2D eigenvalue weighted by Crippen LogP contribution is -2.52. The molecule has 0 saturated heterocycles. The minimum Gasteiger partial charge on any atom is -0.481 e. The van der Waals surface area contributed by atoms with Crippen molar-refractivity contribution in [3.05, 3.63) is 17.8 Å². The Bertz CT molecular complexity index is 520. The number of amides is 2. The van der Waals surface area contributed by atoms with Crippen LogP contribution in [0.4, 0.5) is 4.79 Å². The first-order valence-electron chi connectivity index (χ1n) is 7.13. The lowest BCUT2D eigenvalue weighted by molar-refractivity contribution is -0.138. The maximum Gasteiger partial charge on any atom is 0.315 e. The molecule has 1 unspecified atom stereocenters. The summed E-state index contributed by atoms with van der Waals surface area (Å²) in [6.45, 7) is 3.55. The van der Waals surface area contributed by atoms with E-state index in [1.807, 2.05) is 0 Å². The highest BCUT2D eigenvalue weighted by atomic mass is 16.4. The number of nitrogens with zero attached hydrogens (tertiary/aromatic N) is 1. The second-order valence-corrected chi connectivity index (χ2v) is 5.69. The number of aliphatic carboxylic acids is 1. The molecule has 21 heavy (non-hydrogen) atoms. The predicted octanol–water partition coefficient (Wildman–Crippen LogP) is 2.13. The quantitative estimate of drug-likeness (QED) is 0.772. The van der Waals surface area contributed by atoms with Crippen molar-refractivity contribution in [1.82, 2.24) is 15.6 Å². The number of hydrogen-bond acceptors (Lipinski definition) is 4. The van der Waals surface area contributed by atoms with Gasteiger partial charge in [0.25, 0.3) is 0 Å². The Morgan fingerprint density at radius 2 is 2.14 bits per heavy atom. The van der Waals surface area contributed by atoms with Crippen LogP contribution in [0.25, 0.3) is 0 Å². The van der Waals surface area contributed by atoms with E-state index in [1.54, 1.807) is 20.0 Å². The van der Waals surface area contributed by atoms with Crippen LogP contribution in [-0.2, 0) is 4.79 Å². The van der Waals surface area contributed by atoms with E-state index in [0.29, 0.717) is 24.5 Å². The van der Waals surface area contributed by atoms with Crippen LogP contribution in [0.1, 0.15) is 56.7 Å². The molecule has 1 aromatic rings. The molecule has 0 bridgehead atoms. The van der Waals surface area contributed by atoms with E-state index in [2.05, 4.69) is 15.6 Å². The monoisotopic (exact) mass is 295 g/mol. The van der Waals surface area contributed by atoms with Crippen LogP contribution in [0.2, 0.25) is 0 Å². The van der Waals surface area contributed by atoms with E-state index >= 15 is 0 Å². The molecule has 1 aromatic heterocycles. The summed E-state index contributed by atoms with van der Waals surface area (Å²) in [5, 5.41) is 14.6. The number of carboxylic acids is 1. The number of carbonyl (C=O) groups excluding carboxylic acids is 1. The summed E-state index contributed by atoms with van der Waals surface area (Å²) in [5.41, 5.74) is -0.637. The molecule has 1 atom stereocenters. The minimum atomic E-state index is -0.895. The van der Waals surface area contributed by atoms with Gasteiger partial charge in [0, 0.05) is 0 Å². The standard InChI is InChI=1S/C14H21N3O4/c1-9-8-15-12(21-9)10(2)16-13(20)17-14(7-11(18)19)5-3-4-6-14/h8,10H,3-7H2,1-2H3,(H,18,19)(H2,16,17,20). The van der Waals surface area contributed by atoms with Gasteiger partial charge in [-0.25, -0.2) is 9.78 Å². The van der Waals surface area contributed by atoms with Gasteiger partial charge in [0.1, 0.15) is 11.8 Å². The Morgan fingerprint density at radius 1 is 1.48 bits per heavy atom. The molecule has 7 heteroatoms. The molecule has 2 rings (SSSR count). The molecule has 0 aromatic carbocycles. The second-order valence-electron chi connectivity index (χ2n) is 5.69. The molecule has 0 radical (unpaired) electrons. The lowest BCUT2D eigenvalue weighted by atomic mass is 9.93. The van der Waals surface area contributed by atoms with Crippen molar-refractivity contribution in [1.29, 1.82) is 0 Å². The van der Waals surface area contributed by atoms with Crippen LogP contribution in [-0.4, -0.2) is 27.6 Å². The molecule has 1 fully saturated rings. The van der Waals surface area contributed by atoms with E-state index in [9.17, 15) is 9.59 Å². The number of rotatable bonds is 5. The summed E-state index contributed by atoms with van der Waals surface area (Å²) in [4.78, 5) is 27.1. The zero-order chi connectivity index (χ0) is 15.5.